The number of rotatable bonds is 5. The van der Waals surface area contributed by atoms with Crippen molar-refractivity contribution in [1.82, 2.24) is 0 Å². The average Bonchev–Trinajstić information content (AvgIpc) is 2.89. The lowest BCUT2D eigenvalue weighted by molar-refractivity contribution is -0.118. The van der Waals surface area contributed by atoms with Gasteiger partial charge in [-0.3, -0.25) is 4.79 Å². The molecule has 1 saturated heterocycles. The number of anilines is 1. The molecule has 110 valence electrons. The molecule has 1 heterocycles. The maximum absolute atomic E-state index is 12.4. The first-order valence-electron chi connectivity index (χ1n) is 6.86. The minimum Gasteiger partial charge on any atom is -0.494 e. The van der Waals surface area contributed by atoms with E-state index < -0.39 is 0 Å². The van der Waals surface area contributed by atoms with Crippen molar-refractivity contribution < 1.29 is 9.53 Å². The summed E-state index contributed by atoms with van der Waals surface area (Å²) in [6.45, 7) is 4.55. The SMILES string of the molecule is CCOc1ccc(NC(=O)C2(C)CCCS2)cc1CCl. The molecule has 5 heteroatoms. The van der Waals surface area contributed by atoms with Crippen molar-refractivity contribution in [2.24, 2.45) is 0 Å². The Labute approximate surface area is 129 Å². The van der Waals surface area contributed by atoms with Gasteiger partial charge in [-0.2, -0.15) is 0 Å². The van der Waals surface area contributed by atoms with E-state index in [1.807, 2.05) is 32.0 Å². The number of hydrogen-bond donors (Lipinski definition) is 1. The minimum atomic E-state index is -0.306. The summed E-state index contributed by atoms with van der Waals surface area (Å²) >= 11 is 7.66. The second-order valence-electron chi connectivity index (χ2n) is 5.03. The number of hydrogen-bond acceptors (Lipinski definition) is 3. The molecule has 1 N–H and O–H groups in total. The van der Waals surface area contributed by atoms with E-state index in [9.17, 15) is 4.79 Å². The molecule has 0 bridgehead atoms. The first-order valence-corrected chi connectivity index (χ1v) is 8.38. The van der Waals surface area contributed by atoms with Crippen LogP contribution in [0.25, 0.3) is 0 Å². The van der Waals surface area contributed by atoms with Crippen molar-refractivity contribution in [2.45, 2.75) is 37.3 Å². The highest BCUT2D eigenvalue weighted by atomic mass is 35.5. The van der Waals surface area contributed by atoms with E-state index in [1.165, 1.54) is 0 Å². The summed E-state index contributed by atoms with van der Waals surface area (Å²) < 4.78 is 5.20. The van der Waals surface area contributed by atoms with Crippen molar-refractivity contribution in [1.29, 1.82) is 0 Å². The summed E-state index contributed by atoms with van der Waals surface area (Å²) in [4.78, 5) is 12.4. The zero-order valence-electron chi connectivity index (χ0n) is 11.9. The second-order valence-corrected chi connectivity index (χ2v) is 6.89. The van der Waals surface area contributed by atoms with E-state index in [-0.39, 0.29) is 10.7 Å². The standard InChI is InChI=1S/C15H20ClNO2S/c1-3-19-13-6-5-12(9-11(13)10-16)17-14(18)15(2)7-4-8-20-15/h5-6,9H,3-4,7-8,10H2,1-2H3,(H,17,18). The van der Waals surface area contributed by atoms with Crippen LogP contribution in [-0.2, 0) is 10.7 Å². The number of alkyl halides is 1. The quantitative estimate of drug-likeness (QED) is 0.833. The normalized spacial score (nSPS) is 21.8. The highest BCUT2D eigenvalue weighted by Gasteiger charge is 2.37. The molecule has 2 rings (SSSR count). The summed E-state index contributed by atoms with van der Waals surface area (Å²) in [6.07, 6.45) is 2.04. The number of carbonyl (C=O) groups excluding carboxylic acids is 1. The second kappa shape index (κ2) is 6.72. The fourth-order valence-electron chi connectivity index (χ4n) is 2.28. The topological polar surface area (TPSA) is 38.3 Å². The molecular formula is C15H20ClNO2S. The van der Waals surface area contributed by atoms with Crippen molar-refractivity contribution in [2.75, 3.05) is 17.7 Å². The van der Waals surface area contributed by atoms with Gasteiger partial charge in [-0.1, -0.05) is 0 Å². The van der Waals surface area contributed by atoms with Crippen molar-refractivity contribution >= 4 is 35.0 Å². The predicted octanol–water partition coefficient (Wildman–Crippen LogP) is 4.05. The van der Waals surface area contributed by atoms with Gasteiger partial charge in [0.25, 0.3) is 0 Å². The summed E-state index contributed by atoms with van der Waals surface area (Å²) in [5, 5.41) is 2.99. The fourth-order valence-corrected chi connectivity index (χ4v) is 3.70. The van der Waals surface area contributed by atoms with Crippen LogP contribution in [0, 0.1) is 0 Å². The zero-order valence-corrected chi connectivity index (χ0v) is 13.4. The summed E-state index contributed by atoms with van der Waals surface area (Å²) in [7, 11) is 0. The van der Waals surface area contributed by atoms with E-state index in [1.54, 1.807) is 11.8 Å². The lowest BCUT2D eigenvalue weighted by atomic mass is 10.0. The molecule has 1 aromatic rings. The van der Waals surface area contributed by atoms with Gasteiger partial charge in [0.1, 0.15) is 5.75 Å². The molecule has 1 amide bonds. The van der Waals surface area contributed by atoms with E-state index in [4.69, 9.17) is 16.3 Å². The Hall–Kier alpha value is -0.870. The summed E-state index contributed by atoms with van der Waals surface area (Å²) in [6, 6.07) is 5.61. The Balaban J connectivity index is 2.11. The molecule has 1 atom stereocenters. The third-order valence-corrected chi connectivity index (χ3v) is 5.27. The highest BCUT2D eigenvalue weighted by molar-refractivity contribution is 8.01. The maximum Gasteiger partial charge on any atom is 0.240 e. The minimum absolute atomic E-state index is 0.0738. The van der Waals surface area contributed by atoms with Crippen LogP contribution in [-0.4, -0.2) is 23.0 Å². The largest absolute Gasteiger partial charge is 0.494 e. The number of ether oxygens (including phenoxy) is 1. The van der Waals surface area contributed by atoms with Crippen LogP contribution < -0.4 is 10.1 Å². The molecule has 0 spiro atoms. The van der Waals surface area contributed by atoms with Crippen LogP contribution in [0.2, 0.25) is 0 Å². The van der Waals surface area contributed by atoms with Crippen LogP contribution in [0.4, 0.5) is 5.69 Å². The Kier molecular flexibility index (Phi) is 5.22. The van der Waals surface area contributed by atoms with Gasteiger partial charge < -0.3 is 10.1 Å². The van der Waals surface area contributed by atoms with E-state index in [0.29, 0.717) is 12.5 Å². The van der Waals surface area contributed by atoms with Crippen molar-refractivity contribution in [3.8, 4) is 5.75 Å². The lowest BCUT2D eigenvalue weighted by Crippen LogP contribution is -2.34. The van der Waals surface area contributed by atoms with Crippen molar-refractivity contribution in [3.05, 3.63) is 23.8 Å². The molecule has 0 aliphatic carbocycles. The van der Waals surface area contributed by atoms with Crippen LogP contribution in [0.15, 0.2) is 18.2 Å². The van der Waals surface area contributed by atoms with E-state index >= 15 is 0 Å². The summed E-state index contributed by atoms with van der Waals surface area (Å²) in [5.41, 5.74) is 1.68. The molecule has 1 unspecified atom stereocenters. The molecule has 3 nitrogen and oxygen atoms in total. The predicted molar refractivity (Wildman–Crippen MR) is 85.9 cm³/mol. The number of amides is 1. The maximum atomic E-state index is 12.4. The van der Waals surface area contributed by atoms with Gasteiger partial charge in [-0.05, 0) is 50.6 Å². The van der Waals surface area contributed by atoms with Crippen LogP contribution in [0.1, 0.15) is 32.3 Å². The summed E-state index contributed by atoms with van der Waals surface area (Å²) in [5.74, 6) is 2.28. The van der Waals surface area contributed by atoms with Gasteiger partial charge in [0.2, 0.25) is 5.91 Å². The molecule has 0 radical (unpaired) electrons. The first-order chi connectivity index (χ1) is 9.59. The zero-order chi connectivity index (χ0) is 14.6. The fraction of sp³-hybridized carbons (Fsp3) is 0.533. The third kappa shape index (κ3) is 3.41. The Morgan fingerprint density at radius 1 is 1.55 bits per heavy atom. The number of halogens is 1. The molecule has 20 heavy (non-hydrogen) atoms. The van der Waals surface area contributed by atoms with E-state index in [0.717, 1.165) is 35.6 Å². The van der Waals surface area contributed by atoms with Crippen LogP contribution in [0.3, 0.4) is 0 Å². The molecule has 1 aliphatic rings. The van der Waals surface area contributed by atoms with Gasteiger partial charge in [-0.15, -0.1) is 23.4 Å². The van der Waals surface area contributed by atoms with Gasteiger partial charge in [0.15, 0.2) is 0 Å². The molecule has 1 fully saturated rings. The third-order valence-electron chi connectivity index (χ3n) is 3.46. The monoisotopic (exact) mass is 313 g/mol. The Bertz CT molecular complexity index is 487. The number of nitrogens with one attached hydrogen (secondary N) is 1. The van der Waals surface area contributed by atoms with E-state index in [2.05, 4.69) is 5.32 Å². The molecule has 1 aliphatic heterocycles. The average molecular weight is 314 g/mol. The van der Waals surface area contributed by atoms with Gasteiger partial charge in [0.05, 0.1) is 17.2 Å². The Morgan fingerprint density at radius 3 is 2.95 bits per heavy atom. The number of benzene rings is 1. The van der Waals surface area contributed by atoms with Crippen molar-refractivity contribution in [3.63, 3.8) is 0 Å². The highest BCUT2D eigenvalue weighted by Crippen LogP contribution is 2.38. The number of carbonyl (C=O) groups is 1. The molecule has 1 aromatic carbocycles. The Morgan fingerprint density at radius 2 is 2.35 bits per heavy atom. The van der Waals surface area contributed by atoms with Crippen LogP contribution in [0.5, 0.6) is 5.75 Å². The first kappa shape index (κ1) is 15.5. The molecule has 0 saturated carbocycles. The number of thioether (sulfide) groups is 1. The van der Waals surface area contributed by atoms with Crippen LogP contribution >= 0.6 is 23.4 Å². The molecule has 0 aromatic heterocycles. The van der Waals surface area contributed by atoms with Gasteiger partial charge in [0, 0.05) is 11.3 Å². The molecular weight excluding hydrogens is 294 g/mol. The van der Waals surface area contributed by atoms with Gasteiger partial charge in [-0.25, -0.2) is 0 Å². The van der Waals surface area contributed by atoms with Gasteiger partial charge >= 0.3 is 0 Å². The smallest absolute Gasteiger partial charge is 0.240 e. The lowest BCUT2D eigenvalue weighted by Gasteiger charge is -2.22.